The smallest absolute Gasteiger partial charge is 0.269 e. The van der Waals surface area contributed by atoms with Crippen LogP contribution < -0.4 is 4.74 Å². The average Bonchev–Trinajstić information content (AvgIpc) is 2.74. The van der Waals surface area contributed by atoms with E-state index < -0.39 is 4.92 Å². The molecule has 0 unspecified atom stereocenters. The van der Waals surface area contributed by atoms with E-state index in [-0.39, 0.29) is 5.69 Å². The van der Waals surface area contributed by atoms with Crippen molar-refractivity contribution < 1.29 is 9.66 Å². The molecule has 0 spiro atoms. The molecule has 156 valence electrons. The molecule has 2 rings (SSSR count). The van der Waals surface area contributed by atoms with Crippen LogP contribution in [0.15, 0.2) is 58.8 Å². The van der Waals surface area contributed by atoms with Crippen LogP contribution in [0, 0.1) is 10.1 Å². The Morgan fingerprint density at radius 3 is 1.76 bits per heavy atom. The lowest BCUT2D eigenvalue weighted by Gasteiger charge is -2.06. The van der Waals surface area contributed by atoms with Gasteiger partial charge in [-0.05, 0) is 55.0 Å². The molecule has 0 N–H and O–H groups in total. The minimum atomic E-state index is -0.439. The molecule has 0 aliphatic heterocycles. The van der Waals surface area contributed by atoms with Gasteiger partial charge in [-0.1, -0.05) is 38.5 Å². The zero-order chi connectivity index (χ0) is 20.7. The number of benzene rings is 2. The third-order valence-corrected chi connectivity index (χ3v) is 4.82. The molecule has 29 heavy (non-hydrogen) atoms. The highest BCUT2D eigenvalue weighted by molar-refractivity contribution is 7.80. The Hall–Kier alpha value is -2.41. The highest BCUT2D eigenvalue weighted by Gasteiger charge is 2.03. The summed E-state index contributed by atoms with van der Waals surface area (Å²) in [7, 11) is 0. The number of hydrogen-bond acceptors (Lipinski definition) is 6. The van der Waals surface area contributed by atoms with E-state index >= 15 is 0 Å². The summed E-state index contributed by atoms with van der Waals surface area (Å²) in [5.41, 5.74) is 1.31. The van der Waals surface area contributed by atoms with Crippen LogP contribution in [0.25, 0.3) is 0 Å². The SMILES string of the molecule is O=[N+]([O-])c1ccc(N=Nc2ccc(OCCCCCCCCCCS)cc2)cc1. The van der Waals surface area contributed by atoms with E-state index in [1.54, 1.807) is 12.1 Å². The topological polar surface area (TPSA) is 77.1 Å². The van der Waals surface area contributed by atoms with Gasteiger partial charge in [-0.15, -0.1) is 0 Å². The van der Waals surface area contributed by atoms with Crippen molar-refractivity contribution in [1.29, 1.82) is 0 Å². The van der Waals surface area contributed by atoms with Crippen molar-refractivity contribution in [2.24, 2.45) is 10.2 Å². The maximum Gasteiger partial charge on any atom is 0.269 e. The minimum Gasteiger partial charge on any atom is -0.494 e. The number of unbranched alkanes of at least 4 members (excludes halogenated alkanes) is 7. The Morgan fingerprint density at radius 1 is 0.759 bits per heavy atom. The van der Waals surface area contributed by atoms with Gasteiger partial charge in [-0.25, -0.2) is 0 Å². The Kier molecular flexibility index (Phi) is 10.8. The highest BCUT2D eigenvalue weighted by atomic mass is 32.1. The van der Waals surface area contributed by atoms with Gasteiger partial charge in [0, 0.05) is 12.1 Å². The van der Waals surface area contributed by atoms with Crippen molar-refractivity contribution in [3.8, 4) is 5.75 Å². The van der Waals surface area contributed by atoms with Gasteiger partial charge >= 0.3 is 0 Å². The summed E-state index contributed by atoms with van der Waals surface area (Å²) in [5, 5.41) is 18.9. The summed E-state index contributed by atoms with van der Waals surface area (Å²) in [6.07, 6.45) is 10.0. The van der Waals surface area contributed by atoms with E-state index in [4.69, 9.17) is 4.74 Å². The number of azo groups is 1. The first-order valence-corrected chi connectivity index (χ1v) is 10.8. The number of nitro groups is 1. The van der Waals surface area contributed by atoms with Crippen LogP contribution in [0.3, 0.4) is 0 Å². The Balaban J connectivity index is 1.62. The van der Waals surface area contributed by atoms with Crippen molar-refractivity contribution in [3.05, 3.63) is 58.6 Å². The van der Waals surface area contributed by atoms with Crippen LogP contribution in [0.4, 0.5) is 17.1 Å². The number of thiol groups is 1. The fraction of sp³-hybridized carbons (Fsp3) is 0.455. The number of non-ortho nitro benzene ring substituents is 1. The standard InChI is InChI=1S/C22H29N3O3S/c26-25(27)21-13-9-19(10-14-21)23-24-20-11-15-22(16-12-20)28-17-7-5-3-1-2-4-6-8-18-29/h9-16,29H,1-8,17-18H2. The molecule has 0 heterocycles. The lowest BCUT2D eigenvalue weighted by atomic mass is 10.1. The zero-order valence-electron chi connectivity index (χ0n) is 16.7. The molecule has 0 radical (unpaired) electrons. The molecule has 0 amide bonds. The normalized spacial score (nSPS) is 11.1. The van der Waals surface area contributed by atoms with E-state index in [9.17, 15) is 10.1 Å². The highest BCUT2D eigenvalue weighted by Crippen LogP contribution is 2.23. The van der Waals surface area contributed by atoms with Crippen molar-refractivity contribution >= 4 is 29.7 Å². The first kappa shape index (κ1) is 22.9. The second kappa shape index (κ2) is 13.7. The number of nitro benzene ring substituents is 1. The Labute approximate surface area is 178 Å². The first-order valence-electron chi connectivity index (χ1n) is 10.2. The summed E-state index contributed by atoms with van der Waals surface area (Å²) in [4.78, 5) is 10.2. The predicted octanol–water partition coefficient (Wildman–Crippen LogP) is 7.44. The van der Waals surface area contributed by atoms with Crippen LogP contribution in [0.5, 0.6) is 5.75 Å². The third kappa shape index (κ3) is 9.56. The Morgan fingerprint density at radius 2 is 1.24 bits per heavy atom. The molecule has 7 heteroatoms. The van der Waals surface area contributed by atoms with Crippen LogP contribution in [-0.4, -0.2) is 17.3 Å². The summed E-state index contributed by atoms with van der Waals surface area (Å²) in [5.74, 6) is 1.83. The molecule has 0 fully saturated rings. The van der Waals surface area contributed by atoms with E-state index in [1.807, 2.05) is 24.3 Å². The van der Waals surface area contributed by atoms with Crippen LogP contribution in [-0.2, 0) is 0 Å². The van der Waals surface area contributed by atoms with Gasteiger partial charge in [-0.3, -0.25) is 10.1 Å². The third-order valence-electron chi connectivity index (χ3n) is 4.50. The second-order valence-corrected chi connectivity index (χ2v) is 7.32. The predicted molar refractivity (Wildman–Crippen MR) is 120 cm³/mol. The number of ether oxygens (including phenoxy) is 1. The molecule has 2 aromatic carbocycles. The molecule has 2 aromatic rings. The molecule has 0 saturated carbocycles. The lowest BCUT2D eigenvalue weighted by molar-refractivity contribution is -0.384. The molecule has 0 atom stereocenters. The maximum atomic E-state index is 10.6. The Bertz CT molecular complexity index is 749. The van der Waals surface area contributed by atoms with E-state index in [1.165, 1.54) is 57.1 Å². The molecular formula is C22H29N3O3S. The molecule has 0 aliphatic rings. The number of hydrogen-bond donors (Lipinski definition) is 1. The minimum absolute atomic E-state index is 0.0368. The summed E-state index contributed by atoms with van der Waals surface area (Å²) >= 11 is 4.23. The summed E-state index contributed by atoms with van der Waals surface area (Å²) < 4.78 is 5.77. The van der Waals surface area contributed by atoms with Crippen molar-refractivity contribution in [2.75, 3.05) is 12.4 Å². The molecule has 6 nitrogen and oxygen atoms in total. The van der Waals surface area contributed by atoms with Gasteiger partial charge in [0.05, 0.1) is 22.9 Å². The molecular weight excluding hydrogens is 386 g/mol. The number of nitrogens with zero attached hydrogens (tertiary/aromatic N) is 3. The molecule has 0 saturated heterocycles. The van der Waals surface area contributed by atoms with Crippen LogP contribution in [0.1, 0.15) is 51.4 Å². The lowest BCUT2D eigenvalue weighted by Crippen LogP contribution is -1.96. The van der Waals surface area contributed by atoms with Crippen molar-refractivity contribution in [2.45, 2.75) is 51.4 Å². The molecule has 0 aliphatic carbocycles. The van der Waals surface area contributed by atoms with Gasteiger partial charge in [0.15, 0.2) is 0 Å². The largest absolute Gasteiger partial charge is 0.494 e. The van der Waals surface area contributed by atoms with E-state index in [0.29, 0.717) is 11.4 Å². The summed E-state index contributed by atoms with van der Waals surface area (Å²) in [6.45, 7) is 0.726. The van der Waals surface area contributed by atoms with Gasteiger partial charge in [0.2, 0.25) is 0 Å². The van der Waals surface area contributed by atoms with Gasteiger partial charge in [0.25, 0.3) is 5.69 Å². The van der Waals surface area contributed by atoms with E-state index in [0.717, 1.165) is 24.5 Å². The fourth-order valence-electron chi connectivity index (χ4n) is 2.83. The maximum absolute atomic E-state index is 10.6. The molecule has 0 aromatic heterocycles. The zero-order valence-corrected chi connectivity index (χ0v) is 17.6. The monoisotopic (exact) mass is 415 g/mol. The number of rotatable bonds is 14. The van der Waals surface area contributed by atoms with Gasteiger partial charge in [0.1, 0.15) is 5.75 Å². The van der Waals surface area contributed by atoms with Crippen molar-refractivity contribution in [3.63, 3.8) is 0 Å². The van der Waals surface area contributed by atoms with Crippen LogP contribution in [0.2, 0.25) is 0 Å². The van der Waals surface area contributed by atoms with Crippen molar-refractivity contribution in [1.82, 2.24) is 0 Å². The second-order valence-electron chi connectivity index (χ2n) is 6.87. The quantitative estimate of drug-likeness (QED) is 0.114. The first-order chi connectivity index (χ1) is 14.2. The average molecular weight is 416 g/mol. The fourth-order valence-corrected chi connectivity index (χ4v) is 3.05. The van der Waals surface area contributed by atoms with Gasteiger partial charge < -0.3 is 4.74 Å². The van der Waals surface area contributed by atoms with Crippen LogP contribution >= 0.6 is 12.6 Å². The molecule has 0 bridgehead atoms. The summed E-state index contributed by atoms with van der Waals surface area (Å²) in [6, 6.07) is 13.4. The van der Waals surface area contributed by atoms with Gasteiger partial charge in [-0.2, -0.15) is 22.9 Å². The van der Waals surface area contributed by atoms with E-state index in [2.05, 4.69) is 22.9 Å².